The molecule has 2 N–H and O–H groups in total. The second kappa shape index (κ2) is 9.32. The Bertz CT molecular complexity index is 1440. The van der Waals surface area contributed by atoms with Crippen molar-refractivity contribution >= 4 is 21.6 Å². The number of ether oxygens (including phenoxy) is 1. The summed E-state index contributed by atoms with van der Waals surface area (Å²) in [6.45, 7) is 14.2. The molecule has 42 heavy (non-hydrogen) atoms. The fourth-order valence-corrected chi connectivity index (χ4v) is 11.9. The van der Waals surface area contributed by atoms with Crippen LogP contribution in [0.3, 0.4) is 0 Å². The molecular weight excluding hydrogens is 552 g/mol. The lowest BCUT2D eigenvalue weighted by atomic mass is 9.33. The zero-order valence-electron chi connectivity index (χ0n) is 26.5. The van der Waals surface area contributed by atoms with Crippen LogP contribution in [-0.4, -0.2) is 55.7 Å². The fourth-order valence-electron chi connectivity index (χ4n) is 10.5. The molecular formula is C33H48N2O6S. The number of carbonyl (C=O) groups is 2. The summed E-state index contributed by atoms with van der Waals surface area (Å²) in [5.74, 6) is -1.16. The van der Waals surface area contributed by atoms with E-state index in [9.17, 15) is 28.4 Å². The smallest absolute Gasteiger partial charge is 0.214 e. The quantitative estimate of drug-likeness (QED) is 0.470. The highest BCUT2D eigenvalue weighted by atomic mass is 32.2. The second-order valence-electron chi connectivity index (χ2n) is 15.8. The largest absolute Gasteiger partial charge is 0.384 e. The van der Waals surface area contributed by atoms with Crippen LogP contribution < -0.4 is 4.72 Å². The molecule has 0 amide bonds. The van der Waals surface area contributed by atoms with Crippen molar-refractivity contribution in [1.29, 1.82) is 5.26 Å². The van der Waals surface area contributed by atoms with Gasteiger partial charge in [0.25, 0.3) is 0 Å². The topological polar surface area (TPSA) is 134 Å². The van der Waals surface area contributed by atoms with Gasteiger partial charge in [-0.15, -0.1) is 0 Å². The van der Waals surface area contributed by atoms with Crippen molar-refractivity contribution in [2.45, 2.75) is 105 Å². The Hall–Kier alpha value is -1.86. The van der Waals surface area contributed by atoms with Gasteiger partial charge in [0.1, 0.15) is 11.7 Å². The average molecular weight is 601 g/mol. The molecule has 0 aromatic heterocycles. The minimum absolute atomic E-state index is 0.0788. The van der Waals surface area contributed by atoms with Crippen molar-refractivity contribution in [3.8, 4) is 6.07 Å². The number of hydrogen-bond donors (Lipinski definition) is 2. The van der Waals surface area contributed by atoms with Crippen molar-refractivity contribution in [2.24, 2.45) is 38.9 Å². The Balaban J connectivity index is 1.63. The number of nitrogens with one attached hydrogen (secondary N) is 1. The molecule has 3 fully saturated rings. The molecule has 5 aliphatic carbocycles. The summed E-state index contributed by atoms with van der Waals surface area (Å²) in [6.07, 6.45) is 8.06. The number of carbonyl (C=O) groups excluding carboxylic acids is 2. The first-order chi connectivity index (χ1) is 19.2. The van der Waals surface area contributed by atoms with Gasteiger partial charge in [-0.3, -0.25) is 9.59 Å². The fraction of sp³-hybridized carbons (Fsp3) is 0.788. The van der Waals surface area contributed by atoms with Gasteiger partial charge in [0.15, 0.2) is 11.6 Å². The van der Waals surface area contributed by atoms with E-state index in [1.165, 1.54) is 7.11 Å². The Labute approximate surface area is 251 Å². The monoisotopic (exact) mass is 600 g/mol. The number of aliphatic hydroxyl groups is 1. The van der Waals surface area contributed by atoms with E-state index in [0.717, 1.165) is 18.4 Å². The summed E-state index contributed by atoms with van der Waals surface area (Å²) in [5, 5.41) is 22.9. The third-order valence-corrected chi connectivity index (χ3v) is 14.7. The second-order valence-corrected chi connectivity index (χ2v) is 17.7. The van der Waals surface area contributed by atoms with E-state index < -0.39 is 48.7 Å². The van der Waals surface area contributed by atoms with E-state index in [0.29, 0.717) is 32.1 Å². The molecule has 0 unspecified atom stereocenters. The average Bonchev–Trinajstić information content (AvgIpc) is 2.90. The number of nitrogens with zero attached hydrogens (tertiary/aromatic N) is 1. The number of sulfonamides is 1. The molecule has 232 valence electrons. The van der Waals surface area contributed by atoms with Gasteiger partial charge in [-0.25, -0.2) is 13.1 Å². The van der Waals surface area contributed by atoms with Crippen molar-refractivity contribution in [1.82, 2.24) is 4.72 Å². The van der Waals surface area contributed by atoms with E-state index in [1.54, 1.807) is 12.2 Å². The van der Waals surface area contributed by atoms with E-state index in [-0.39, 0.29) is 40.8 Å². The highest BCUT2D eigenvalue weighted by Gasteiger charge is 2.75. The van der Waals surface area contributed by atoms with Gasteiger partial charge in [-0.2, -0.15) is 5.26 Å². The van der Waals surface area contributed by atoms with E-state index >= 15 is 0 Å². The summed E-state index contributed by atoms with van der Waals surface area (Å²) in [6, 6.07) is 2.13. The standard InChI is InChI=1S/C33H48N2O6S/c1-27(2)22-9-10-31(6)23(30(22,5)18-21(20-34)26(27)37)17-25(36)33(38)24-19-29(4,35-42(39,40)16-15-41-8)13-11-28(24,3)12-14-32(31,33)7/h17-18,22,24,35,38H,9-16,19H2,1-8H3/t22-,24+,28+,29-,30-,31+,32-,33+/m0/s1. The number of ketones is 2. The third-order valence-electron chi connectivity index (χ3n) is 13.2. The number of Topliss-reactive ketones (excluding diaryl/α,β-unsaturated/α-hetero) is 1. The highest BCUT2D eigenvalue weighted by Crippen LogP contribution is 2.75. The van der Waals surface area contributed by atoms with Crippen molar-refractivity contribution < 1.29 is 27.9 Å². The van der Waals surface area contributed by atoms with Gasteiger partial charge < -0.3 is 9.84 Å². The van der Waals surface area contributed by atoms with Crippen LogP contribution in [0.2, 0.25) is 0 Å². The van der Waals surface area contributed by atoms with Crippen molar-refractivity contribution in [3.05, 3.63) is 23.3 Å². The molecule has 0 radical (unpaired) electrons. The van der Waals surface area contributed by atoms with Crippen molar-refractivity contribution in [2.75, 3.05) is 19.5 Å². The molecule has 0 aliphatic heterocycles. The predicted octanol–water partition coefficient (Wildman–Crippen LogP) is 4.64. The summed E-state index contributed by atoms with van der Waals surface area (Å²) in [4.78, 5) is 27.8. The van der Waals surface area contributed by atoms with E-state index in [4.69, 9.17) is 4.74 Å². The van der Waals surface area contributed by atoms with Gasteiger partial charge in [0, 0.05) is 34.8 Å². The highest BCUT2D eigenvalue weighted by molar-refractivity contribution is 7.89. The summed E-state index contributed by atoms with van der Waals surface area (Å²) >= 11 is 0. The number of allylic oxidation sites excluding steroid dienone is 3. The normalized spacial score (nSPS) is 46.3. The zero-order valence-corrected chi connectivity index (χ0v) is 27.3. The van der Waals surface area contributed by atoms with Crippen molar-refractivity contribution in [3.63, 3.8) is 0 Å². The molecule has 9 heteroatoms. The Morgan fingerprint density at radius 2 is 1.67 bits per heavy atom. The lowest BCUT2D eigenvalue weighted by Gasteiger charge is -2.71. The van der Waals surface area contributed by atoms with Crippen LogP contribution in [-0.2, 0) is 24.3 Å². The van der Waals surface area contributed by atoms with Crippen LogP contribution in [0.4, 0.5) is 0 Å². The van der Waals surface area contributed by atoms with Gasteiger partial charge in [-0.05, 0) is 80.3 Å². The van der Waals surface area contributed by atoms with Crippen LogP contribution >= 0.6 is 0 Å². The Morgan fingerprint density at radius 1 is 1.02 bits per heavy atom. The van der Waals surface area contributed by atoms with Gasteiger partial charge in [0.2, 0.25) is 10.0 Å². The van der Waals surface area contributed by atoms with Crippen LogP contribution in [0.25, 0.3) is 0 Å². The molecule has 0 heterocycles. The lowest BCUT2D eigenvalue weighted by molar-refractivity contribution is -0.239. The van der Waals surface area contributed by atoms with Crippen LogP contribution in [0.5, 0.6) is 0 Å². The number of fused-ring (bicyclic) bond motifs is 7. The number of nitriles is 1. The minimum Gasteiger partial charge on any atom is -0.384 e. The van der Waals surface area contributed by atoms with Gasteiger partial charge >= 0.3 is 0 Å². The predicted molar refractivity (Wildman–Crippen MR) is 159 cm³/mol. The molecule has 3 saturated carbocycles. The minimum atomic E-state index is -3.63. The van der Waals surface area contributed by atoms with Crippen LogP contribution in [0.1, 0.15) is 93.4 Å². The van der Waals surface area contributed by atoms with E-state index in [1.807, 2.05) is 20.8 Å². The number of rotatable bonds is 5. The molecule has 8 atom stereocenters. The zero-order chi connectivity index (χ0) is 31.4. The summed E-state index contributed by atoms with van der Waals surface area (Å²) in [7, 11) is -2.16. The molecule has 8 nitrogen and oxygen atoms in total. The first-order valence-electron chi connectivity index (χ1n) is 15.4. The van der Waals surface area contributed by atoms with Gasteiger partial charge in [-0.1, -0.05) is 47.6 Å². The molecule has 0 spiro atoms. The van der Waals surface area contributed by atoms with Crippen LogP contribution in [0.15, 0.2) is 23.3 Å². The molecule has 5 aliphatic rings. The summed E-state index contributed by atoms with van der Waals surface area (Å²) < 4.78 is 33.8. The lowest BCUT2D eigenvalue weighted by Crippen LogP contribution is -2.74. The molecule has 0 aromatic rings. The Kier molecular flexibility index (Phi) is 7.01. The Morgan fingerprint density at radius 3 is 2.29 bits per heavy atom. The number of methoxy groups -OCH3 is 1. The number of hydrogen-bond acceptors (Lipinski definition) is 7. The molecule has 0 aromatic carbocycles. The van der Waals surface area contributed by atoms with E-state index in [2.05, 4.69) is 38.5 Å². The first-order valence-corrected chi connectivity index (χ1v) is 17.0. The molecule has 5 rings (SSSR count). The maximum atomic E-state index is 14.5. The molecule has 0 saturated heterocycles. The van der Waals surface area contributed by atoms with Gasteiger partial charge in [0.05, 0.1) is 17.9 Å². The SMILES string of the molecule is COCCS(=O)(=O)N[C@@]1(C)CC[C@]2(C)CC[C@@]3(C)[C@]4(C)CC[C@H]5C(C)(C)C(=O)C(C#N)=C[C@]5(C)C4=CC(=O)[C@]3(O)[C@@H]2C1. The summed E-state index contributed by atoms with van der Waals surface area (Å²) in [5.41, 5.74) is -4.60. The molecule has 0 bridgehead atoms. The first kappa shape index (κ1) is 31.6. The maximum absolute atomic E-state index is 14.5. The van der Waals surface area contributed by atoms with Crippen LogP contribution in [0, 0.1) is 50.2 Å². The maximum Gasteiger partial charge on any atom is 0.214 e. The third kappa shape index (κ3) is 3.97.